The number of aromatic amines is 1. The first-order chi connectivity index (χ1) is 11.7. The molecule has 0 aliphatic carbocycles. The zero-order chi connectivity index (χ0) is 16.5. The maximum Gasteiger partial charge on any atom is 0.274 e. The van der Waals surface area contributed by atoms with E-state index in [2.05, 4.69) is 33.3 Å². The van der Waals surface area contributed by atoms with E-state index >= 15 is 0 Å². The van der Waals surface area contributed by atoms with Crippen LogP contribution in [0.25, 0.3) is 16.6 Å². The average molecular weight is 322 g/mol. The van der Waals surface area contributed by atoms with Crippen molar-refractivity contribution in [1.29, 1.82) is 0 Å². The number of likely N-dealkylation sites (N-methyl/N-ethyl adjacent to an activating group) is 1. The maximum absolute atomic E-state index is 12.4. The molecule has 4 heterocycles. The first-order valence-corrected chi connectivity index (χ1v) is 7.90. The van der Waals surface area contributed by atoms with Gasteiger partial charge in [-0.3, -0.25) is 4.79 Å². The van der Waals surface area contributed by atoms with Gasteiger partial charge in [0.05, 0.1) is 23.0 Å². The van der Waals surface area contributed by atoms with Gasteiger partial charge < -0.3 is 19.6 Å². The Morgan fingerprint density at radius 1 is 1.38 bits per heavy atom. The van der Waals surface area contributed by atoms with Gasteiger partial charge in [0.25, 0.3) is 5.91 Å². The van der Waals surface area contributed by atoms with Crippen LogP contribution in [0.1, 0.15) is 22.5 Å². The number of carbonyl (C=O) groups is 1. The maximum atomic E-state index is 12.4. The molecule has 122 valence electrons. The Hall–Kier alpha value is -2.86. The number of carbonyl (C=O) groups excluding carboxylic acids is 1. The summed E-state index contributed by atoms with van der Waals surface area (Å²) in [6.07, 6.45) is 8.19. The van der Waals surface area contributed by atoms with Crippen LogP contribution in [-0.2, 0) is 0 Å². The number of nitrogens with one attached hydrogen (secondary N) is 2. The number of hydrogen-bond donors (Lipinski definition) is 2. The summed E-state index contributed by atoms with van der Waals surface area (Å²) in [6.45, 7) is 1.96. The number of nitrogens with zero attached hydrogens (tertiary/aromatic N) is 2. The summed E-state index contributed by atoms with van der Waals surface area (Å²) in [7, 11) is 2.11. The second-order valence-electron chi connectivity index (χ2n) is 6.00. The standard InChI is InChI=1S/C18H18N4O2/c1-22-7-4-12(5-8-22)14-10-19-15-2-3-16(21-17(14)15)18(23)20-13-6-9-24-11-13/h2-4,6,9-11,19H,5,7-8H2,1H3,(H,20,23). The minimum absolute atomic E-state index is 0.247. The van der Waals surface area contributed by atoms with Crippen molar-refractivity contribution in [3.63, 3.8) is 0 Å². The van der Waals surface area contributed by atoms with Gasteiger partial charge in [0.15, 0.2) is 0 Å². The van der Waals surface area contributed by atoms with Gasteiger partial charge in [-0.1, -0.05) is 6.08 Å². The minimum atomic E-state index is -0.247. The highest BCUT2D eigenvalue weighted by Gasteiger charge is 2.16. The molecule has 0 radical (unpaired) electrons. The smallest absolute Gasteiger partial charge is 0.274 e. The van der Waals surface area contributed by atoms with E-state index in [0.717, 1.165) is 36.1 Å². The van der Waals surface area contributed by atoms with Gasteiger partial charge >= 0.3 is 0 Å². The van der Waals surface area contributed by atoms with Gasteiger partial charge in [-0.25, -0.2) is 4.98 Å². The Kier molecular flexibility index (Phi) is 3.66. The van der Waals surface area contributed by atoms with Crippen molar-refractivity contribution >= 4 is 28.2 Å². The molecule has 3 aromatic rings. The number of rotatable bonds is 3. The molecule has 0 saturated heterocycles. The summed E-state index contributed by atoms with van der Waals surface area (Å²) < 4.78 is 4.96. The topological polar surface area (TPSA) is 74.2 Å². The van der Waals surface area contributed by atoms with E-state index in [1.54, 1.807) is 12.1 Å². The molecule has 2 N–H and O–H groups in total. The van der Waals surface area contributed by atoms with Crippen LogP contribution in [0.3, 0.4) is 0 Å². The SMILES string of the molecule is CN1CC=C(c2c[nH]c3ccc(C(=O)Nc4ccoc4)nc23)CC1. The van der Waals surface area contributed by atoms with Gasteiger partial charge in [-0.15, -0.1) is 0 Å². The van der Waals surface area contributed by atoms with Gasteiger partial charge in [0.2, 0.25) is 0 Å². The van der Waals surface area contributed by atoms with E-state index in [-0.39, 0.29) is 5.91 Å². The lowest BCUT2D eigenvalue weighted by Gasteiger charge is -2.21. The highest BCUT2D eigenvalue weighted by molar-refractivity contribution is 6.04. The van der Waals surface area contributed by atoms with Gasteiger partial charge in [0, 0.05) is 24.8 Å². The van der Waals surface area contributed by atoms with Crippen molar-refractivity contribution in [2.24, 2.45) is 0 Å². The van der Waals surface area contributed by atoms with Crippen LogP contribution in [0.5, 0.6) is 0 Å². The highest BCUT2D eigenvalue weighted by atomic mass is 16.3. The second kappa shape index (κ2) is 5.98. The highest BCUT2D eigenvalue weighted by Crippen LogP contribution is 2.28. The zero-order valence-corrected chi connectivity index (χ0v) is 13.4. The monoisotopic (exact) mass is 322 g/mol. The Morgan fingerprint density at radius 2 is 2.29 bits per heavy atom. The van der Waals surface area contributed by atoms with Gasteiger partial charge in [0.1, 0.15) is 12.0 Å². The van der Waals surface area contributed by atoms with Crippen molar-refractivity contribution in [3.8, 4) is 0 Å². The third-order valence-corrected chi connectivity index (χ3v) is 4.29. The second-order valence-corrected chi connectivity index (χ2v) is 6.00. The van der Waals surface area contributed by atoms with Crippen molar-refractivity contribution in [2.45, 2.75) is 6.42 Å². The Balaban J connectivity index is 1.67. The fourth-order valence-electron chi connectivity index (χ4n) is 2.92. The number of aromatic nitrogens is 2. The van der Waals surface area contributed by atoms with Crippen molar-refractivity contribution in [1.82, 2.24) is 14.9 Å². The quantitative estimate of drug-likeness (QED) is 0.777. The Labute approximate surface area is 139 Å². The lowest BCUT2D eigenvalue weighted by atomic mass is 10.0. The summed E-state index contributed by atoms with van der Waals surface area (Å²) in [5.41, 5.74) is 5.14. The lowest BCUT2D eigenvalue weighted by Crippen LogP contribution is -2.23. The summed E-state index contributed by atoms with van der Waals surface area (Å²) in [6, 6.07) is 5.31. The van der Waals surface area contributed by atoms with E-state index in [0.29, 0.717) is 11.4 Å². The largest absolute Gasteiger partial charge is 0.470 e. The number of anilines is 1. The molecule has 1 aliphatic rings. The predicted molar refractivity (Wildman–Crippen MR) is 92.8 cm³/mol. The van der Waals surface area contributed by atoms with Crippen molar-refractivity contribution in [2.75, 3.05) is 25.5 Å². The Bertz CT molecular complexity index is 908. The van der Waals surface area contributed by atoms with Crippen LogP contribution in [0.2, 0.25) is 0 Å². The molecule has 6 heteroatoms. The molecule has 0 aromatic carbocycles. The number of amides is 1. The molecular formula is C18H18N4O2. The van der Waals surface area contributed by atoms with Gasteiger partial charge in [-0.2, -0.15) is 0 Å². The number of fused-ring (bicyclic) bond motifs is 1. The fraction of sp³-hybridized carbons (Fsp3) is 0.222. The van der Waals surface area contributed by atoms with Crippen LogP contribution in [0, 0.1) is 0 Å². The van der Waals surface area contributed by atoms with E-state index in [9.17, 15) is 4.79 Å². The molecule has 1 aliphatic heterocycles. The third kappa shape index (κ3) is 2.72. The molecule has 0 saturated carbocycles. The minimum Gasteiger partial charge on any atom is -0.470 e. The van der Waals surface area contributed by atoms with Crippen molar-refractivity contribution < 1.29 is 9.21 Å². The first-order valence-electron chi connectivity index (χ1n) is 7.90. The van der Waals surface area contributed by atoms with Crippen molar-refractivity contribution in [3.05, 3.63) is 54.3 Å². The Morgan fingerprint density at radius 3 is 3.04 bits per heavy atom. The predicted octanol–water partition coefficient (Wildman–Crippen LogP) is 3.13. The summed E-state index contributed by atoms with van der Waals surface area (Å²) >= 11 is 0. The van der Waals surface area contributed by atoms with Crippen LogP contribution in [0.15, 0.2) is 47.4 Å². The summed E-state index contributed by atoms with van der Waals surface area (Å²) in [4.78, 5) is 22.5. The normalized spacial score (nSPS) is 15.5. The van der Waals surface area contributed by atoms with E-state index in [1.165, 1.54) is 18.1 Å². The number of furan rings is 1. The summed E-state index contributed by atoms with van der Waals surface area (Å²) in [5, 5.41) is 2.77. The van der Waals surface area contributed by atoms with Gasteiger partial charge in [-0.05, 0) is 37.2 Å². The third-order valence-electron chi connectivity index (χ3n) is 4.29. The molecule has 6 nitrogen and oxygen atoms in total. The zero-order valence-electron chi connectivity index (χ0n) is 13.4. The van der Waals surface area contributed by atoms with Crippen LogP contribution in [0.4, 0.5) is 5.69 Å². The van der Waals surface area contributed by atoms with E-state index in [4.69, 9.17) is 4.42 Å². The molecule has 0 bridgehead atoms. The average Bonchev–Trinajstić information content (AvgIpc) is 3.24. The van der Waals surface area contributed by atoms with E-state index in [1.807, 2.05) is 12.3 Å². The van der Waals surface area contributed by atoms with E-state index < -0.39 is 0 Å². The number of hydrogen-bond acceptors (Lipinski definition) is 4. The molecule has 24 heavy (non-hydrogen) atoms. The first kappa shape index (κ1) is 14.7. The molecule has 1 amide bonds. The summed E-state index contributed by atoms with van der Waals surface area (Å²) in [5.74, 6) is -0.247. The lowest BCUT2D eigenvalue weighted by molar-refractivity contribution is 0.102. The molecule has 0 unspecified atom stereocenters. The fourth-order valence-corrected chi connectivity index (χ4v) is 2.92. The molecular weight excluding hydrogens is 304 g/mol. The molecule has 0 fully saturated rings. The van der Waals surface area contributed by atoms with Crippen LogP contribution >= 0.6 is 0 Å². The van der Waals surface area contributed by atoms with Crippen LogP contribution in [-0.4, -0.2) is 40.9 Å². The molecule has 3 aromatic heterocycles. The molecule has 0 atom stereocenters. The molecule has 4 rings (SSSR count). The van der Waals surface area contributed by atoms with Crippen LogP contribution < -0.4 is 5.32 Å². The number of pyridine rings is 1. The molecule has 0 spiro atoms. The number of H-pyrrole nitrogens is 1.